The Labute approximate surface area is 72.9 Å². The van der Waals surface area contributed by atoms with E-state index in [1.165, 1.54) is 0 Å². The van der Waals surface area contributed by atoms with Crippen molar-refractivity contribution in [2.45, 2.75) is 0 Å². The van der Waals surface area contributed by atoms with Crippen LogP contribution in [0.4, 0.5) is 9.59 Å². The summed E-state index contributed by atoms with van der Waals surface area (Å²) < 4.78 is 0. The van der Waals surface area contributed by atoms with Crippen LogP contribution in [-0.4, -0.2) is 20.8 Å². The quantitative estimate of drug-likeness (QED) is 0.359. The summed E-state index contributed by atoms with van der Waals surface area (Å²) in [7, 11) is 0. The second kappa shape index (κ2) is 11.0. The Morgan fingerprint density at radius 2 is 1.00 bits per heavy atom. The maximum absolute atomic E-state index is 8.86. The van der Waals surface area contributed by atoms with Crippen LogP contribution in [0.2, 0.25) is 0 Å². The van der Waals surface area contributed by atoms with Crippen LogP contribution in [0.5, 0.6) is 0 Å². The third-order valence-electron chi connectivity index (χ3n) is 0. The first kappa shape index (κ1) is 16.1. The van der Waals surface area contributed by atoms with Gasteiger partial charge in [0.1, 0.15) is 0 Å². The summed E-state index contributed by atoms with van der Waals surface area (Å²) in [5.41, 5.74) is 0. The van der Waals surface area contributed by atoms with E-state index >= 15 is 0 Å². The fourth-order valence-electron chi connectivity index (χ4n) is 0. The Morgan fingerprint density at radius 3 is 1.00 bits per heavy atom. The van der Waals surface area contributed by atoms with Crippen molar-refractivity contribution in [3.8, 4) is 0 Å². The molecule has 0 saturated carbocycles. The van der Waals surface area contributed by atoms with Crippen molar-refractivity contribution in [2.75, 3.05) is 0 Å². The number of carboxylic acid groups (broad SMARTS) is 2. The first-order valence-electron chi connectivity index (χ1n) is 1.30. The Kier molecular flexibility index (Phi) is 19.7. The van der Waals surface area contributed by atoms with Gasteiger partial charge in [0.25, 0.3) is 0 Å². The molecule has 0 heterocycles. The van der Waals surface area contributed by atoms with Gasteiger partial charge in [-0.25, -0.2) is 9.59 Å². The third kappa shape index (κ3) is 12200. The molecular weight excluding hydrogens is 208 g/mol. The topological polar surface area (TPSA) is 74.6 Å². The van der Waals surface area contributed by atoms with Gasteiger partial charge in [0.05, 0.1) is 0 Å². The largest absolute Gasteiger partial charge is 0.473 e. The van der Waals surface area contributed by atoms with Crippen molar-refractivity contribution < 1.29 is 36.9 Å². The van der Waals surface area contributed by atoms with E-state index < -0.39 is 10.6 Å². The number of hydrogen-bond acceptors (Lipinski definition) is 2. The second-order valence-corrected chi connectivity index (χ2v) is 1.33. The van der Waals surface area contributed by atoms with E-state index in [9.17, 15) is 0 Å². The molecule has 0 rings (SSSR count). The molecule has 0 saturated heterocycles. The zero-order valence-corrected chi connectivity index (χ0v) is 6.85. The normalized spacial score (nSPS) is 5.56. The molecule has 0 amide bonds. The van der Waals surface area contributed by atoms with Crippen LogP contribution in [0.15, 0.2) is 0 Å². The van der Waals surface area contributed by atoms with Crippen molar-refractivity contribution >= 4 is 35.9 Å². The van der Waals surface area contributed by atoms with E-state index in [0.717, 1.165) is 0 Å². The molecule has 0 aromatic rings. The maximum Gasteiger partial charge on any atom is 0.361 e. The van der Waals surface area contributed by atoms with Gasteiger partial charge in [-0.1, -0.05) is 25.3 Å². The first-order valence-corrected chi connectivity index (χ1v) is 2.20. The number of carbonyl (C=O) groups is 2. The van der Waals surface area contributed by atoms with E-state index in [1.807, 2.05) is 0 Å². The van der Waals surface area contributed by atoms with Crippen LogP contribution < -0.4 is 0 Å². The molecule has 4 nitrogen and oxygen atoms in total. The van der Waals surface area contributed by atoms with Crippen molar-refractivity contribution in [3.05, 3.63) is 0 Å². The SMILES string of the molecule is O=C(O)S.O=C(O)S.[Fe]. The van der Waals surface area contributed by atoms with Crippen LogP contribution in [0, 0.1) is 0 Å². The van der Waals surface area contributed by atoms with Gasteiger partial charge in [-0.05, 0) is 0 Å². The summed E-state index contributed by atoms with van der Waals surface area (Å²) in [5, 5.41) is 12.3. The van der Waals surface area contributed by atoms with Gasteiger partial charge in [-0.3, -0.25) is 0 Å². The van der Waals surface area contributed by atoms with Crippen LogP contribution in [0.25, 0.3) is 0 Å². The molecule has 0 aliphatic rings. The van der Waals surface area contributed by atoms with Crippen LogP contribution in [-0.2, 0) is 17.1 Å². The summed E-state index contributed by atoms with van der Waals surface area (Å²) in [5.74, 6) is 0. The van der Waals surface area contributed by atoms with Crippen molar-refractivity contribution in [2.24, 2.45) is 0 Å². The fraction of sp³-hybridized carbons (Fsp3) is 0. The summed E-state index contributed by atoms with van der Waals surface area (Å²) >= 11 is 5.77. The summed E-state index contributed by atoms with van der Waals surface area (Å²) in [6.45, 7) is 0. The molecule has 0 aromatic carbocycles. The predicted molar refractivity (Wildman–Crippen MR) is 34.0 cm³/mol. The standard InChI is InChI=1S/2CH2O2S.Fe/c2*2-1(3)4;/h2*4H,(H,2,3);. The second-order valence-electron chi connectivity index (χ2n) is 0.565. The van der Waals surface area contributed by atoms with Gasteiger partial charge in [-0.2, -0.15) is 0 Å². The summed E-state index contributed by atoms with van der Waals surface area (Å²) in [6.07, 6.45) is 0. The van der Waals surface area contributed by atoms with Gasteiger partial charge < -0.3 is 10.2 Å². The van der Waals surface area contributed by atoms with E-state index in [-0.39, 0.29) is 17.1 Å². The first-order chi connectivity index (χ1) is 3.46. The van der Waals surface area contributed by atoms with Crippen molar-refractivity contribution in [1.29, 1.82) is 0 Å². The molecule has 9 heavy (non-hydrogen) atoms. The zero-order chi connectivity index (χ0) is 7.15. The monoisotopic (exact) mass is 212 g/mol. The van der Waals surface area contributed by atoms with Crippen molar-refractivity contribution in [1.82, 2.24) is 0 Å². The third-order valence-corrected chi connectivity index (χ3v) is 0. The molecule has 0 radical (unpaired) electrons. The Morgan fingerprint density at radius 1 is 1.00 bits per heavy atom. The summed E-state index contributed by atoms with van der Waals surface area (Å²) in [6, 6.07) is 0. The molecule has 0 aromatic heterocycles. The predicted octanol–water partition coefficient (Wildman–Crippen LogP) is 1.19. The molecule has 0 bridgehead atoms. The van der Waals surface area contributed by atoms with E-state index in [2.05, 4.69) is 25.3 Å². The van der Waals surface area contributed by atoms with Gasteiger partial charge in [0.2, 0.25) is 0 Å². The van der Waals surface area contributed by atoms with Crippen molar-refractivity contribution in [3.63, 3.8) is 0 Å². The summed E-state index contributed by atoms with van der Waals surface area (Å²) in [4.78, 5) is 17.7. The minimum atomic E-state index is -1.14. The average Bonchev–Trinajstić information content (AvgIpc) is 1.25. The molecule has 0 aliphatic heterocycles. The van der Waals surface area contributed by atoms with Crippen LogP contribution >= 0.6 is 25.3 Å². The van der Waals surface area contributed by atoms with Gasteiger partial charge >= 0.3 is 10.6 Å². The molecule has 7 heteroatoms. The Balaban J connectivity index is -0.0000000720. The van der Waals surface area contributed by atoms with E-state index in [0.29, 0.717) is 0 Å². The molecule has 0 unspecified atom stereocenters. The average molecular weight is 212 g/mol. The molecule has 56 valence electrons. The van der Waals surface area contributed by atoms with Gasteiger partial charge in [0.15, 0.2) is 0 Å². The van der Waals surface area contributed by atoms with E-state index in [4.69, 9.17) is 19.8 Å². The fourth-order valence-corrected chi connectivity index (χ4v) is 0. The smallest absolute Gasteiger partial charge is 0.361 e. The van der Waals surface area contributed by atoms with Crippen LogP contribution in [0.3, 0.4) is 0 Å². The Bertz CT molecular complexity index is 74.6. The van der Waals surface area contributed by atoms with Gasteiger partial charge in [-0.15, -0.1) is 0 Å². The minimum Gasteiger partial charge on any atom is -0.473 e. The number of hydrogen-bond donors (Lipinski definition) is 4. The minimum absolute atomic E-state index is 0. The molecule has 0 fully saturated rings. The van der Waals surface area contributed by atoms with E-state index in [1.54, 1.807) is 0 Å². The number of rotatable bonds is 0. The maximum atomic E-state index is 8.86. The Hall–Kier alpha value is 0.159. The molecule has 2 N–H and O–H groups in total. The molecule has 0 aliphatic carbocycles. The number of thiol groups is 2. The van der Waals surface area contributed by atoms with Gasteiger partial charge in [0, 0.05) is 17.1 Å². The van der Waals surface area contributed by atoms with Crippen LogP contribution in [0.1, 0.15) is 0 Å². The zero-order valence-electron chi connectivity index (χ0n) is 3.96. The molecule has 0 atom stereocenters. The molecular formula is C2H4FeO4S2. The molecule has 0 spiro atoms.